The van der Waals surface area contributed by atoms with Crippen LogP contribution in [0.5, 0.6) is 0 Å². The van der Waals surface area contributed by atoms with Crippen LogP contribution < -0.4 is 5.32 Å². The van der Waals surface area contributed by atoms with Gasteiger partial charge in [0.25, 0.3) is 5.91 Å². The first-order chi connectivity index (χ1) is 15.7. The molecular formula is C25H31N5O3. The van der Waals surface area contributed by atoms with Crippen molar-refractivity contribution in [3.8, 4) is 5.69 Å². The van der Waals surface area contributed by atoms with E-state index in [-0.39, 0.29) is 23.8 Å². The molecule has 8 heteroatoms. The number of para-hydroxylation sites is 1. The summed E-state index contributed by atoms with van der Waals surface area (Å²) in [6, 6.07) is 15.2. The third kappa shape index (κ3) is 5.34. The zero-order valence-electron chi connectivity index (χ0n) is 19.7. The number of carbonyl (C=O) groups is 2. The number of nitrogens with one attached hydrogen (secondary N) is 1. The van der Waals surface area contributed by atoms with E-state index in [0.29, 0.717) is 37.8 Å². The number of nitrogens with zero attached hydrogens (tertiary/aromatic N) is 4. The SMILES string of the molecule is Cc1ccc(C(=O)N2CCN(CC(=O)Nc3cc(C(C)(C)C)nn3-c3ccccc3)CC2)o1. The van der Waals surface area contributed by atoms with Crippen molar-refractivity contribution < 1.29 is 14.0 Å². The summed E-state index contributed by atoms with van der Waals surface area (Å²) >= 11 is 0. The first-order valence-electron chi connectivity index (χ1n) is 11.2. The van der Waals surface area contributed by atoms with Gasteiger partial charge in [-0.1, -0.05) is 39.0 Å². The minimum atomic E-state index is -0.144. The number of amides is 2. The van der Waals surface area contributed by atoms with Crippen molar-refractivity contribution in [2.45, 2.75) is 33.1 Å². The fourth-order valence-corrected chi connectivity index (χ4v) is 3.80. The van der Waals surface area contributed by atoms with Crippen LogP contribution >= 0.6 is 0 Å². The van der Waals surface area contributed by atoms with Crippen LogP contribution in [0.3, 0.4) is 0 Å². The average Bonchev–Trinajstić information content (AvgIpc) is 3.41. The molecule has 4 rings (SSSR count). The maximum atomic E-state index is 12.9. The second kappa shape index (κ2) is 9.23. The van der Waals surface area contributed by atoms with Crippen molar-refractivity contribution >= 4 is 17.6 Å². The number of rotatable bonds is 5. The highest BCUT2D eigenvalue weighted by Crippen LogP contribution is 2.26. The average molecular weight is 450 g/mol. The van der Waals surface area contributed by atoms with Gasteiger partial charge in [0.15, 0.2) is 5.76 Å². The lowest BCUT2D eigenvalue weighted by Gasteiger charge is -2.33. The predicted octanol–water partition coefficient (Wildman–Crippen LogP) is 3.47. The molecule has 0 spiro atoms. The molecule has 33 heavy (non-hydrogen) atoms. The van der Waals surface area contributed by atoms with Gasteiger partial charge in [-0.25, -0.2) is 4.68 Å². The van der Waals surface area contributed by atoms with Crippen molar-refractivity contribution in [1.82, 2.24) is 19.6 Å². The Labute approximate surface area is 194 Å². The zero-order chi connectivity index (χ0) is 23.6. The summed E-state index contributed by atoms with van der Waals surface area (Å²) < 4.78 is 7.23. The molecule has 0 radical (unpaired) electrons. The van der Waals surface area contributed by atoms with Crippen molar-refractivity contribution in [3.05, 3.63) is 65.7 Å². The highest BCUT2D eigenvalue weighted by atomic mass is 16.3. The molecule has 3 aromatic rings. The summed E-state index contributed by atoms with van der Waals surface area (Å²) in [6.45, 7) is 10.7. The van der Waals surface area contributed by atoms with E-state index in [1.807, 2.05) is 43.3 Å². The van der Waals surface area contributed by atoms with Gasteiger partial charge in [0.05, 0.1) is 17.9 Å². The number of benzene rings is 1. The van der Waals surface area contributed by atoms with Crippen molar-refractivity contribution in [3.63, 3.8) is 0 Å². The molecule has 8 nitrogen and oxygen atoms in total. The standard InChI is InChI=1S/C25H31N5O3/c1-18-10-11-20(33-18)24(32)29-14-12-28(13-15-29)17-23(31)26-22-16-21(25(2,3)4)27-30(22)19-8-6-5-7-9-19/h5-11,16H,12-15,17H2,1-4H3,(H,26,31). The van der Waals surface area contributed by atoms with Crippen LogP contribution in [0.25, 0.3) is 5.69 Å². The molecule has 0 unspecified atom stereocenters. The van der Waals surface area contributed by atoms with E-state index in [1.54, 1.807) is 21.7 Å². The normalized spacial score (nSPS) is 15.0. The van der Waals surface area contributed by atoms with Gasteiger partial charge < -0.3 is 14.6 Å². The molecule has 174 valence electrons. The van der Waals surface area contributed by atoms with Gasteiger partial charge in [-0.15, -0.1) is 0 Å². The summed E-state index contributed by atoms with van der Waals surface area (Å²) in [5.74, 6) is 1.53. The van der Waals surface area contributed by atoms with E-state index < -0.39 is 0 Å². The summed E-state index contributed by atoms with van der Waals surface area (Å²) in [5.41, 5.74) is 1.65. The van der Waals surface area contributed by atoms with Crippen LogP contribution in [0.4, 0.5) is 5.82 Å². The molecule has 2 amide bonds. The maximum absolute atomic E-state index is 12.9. The number of hydrogen-bond donors (Lipinski definition) is 1. The van der Waals surface area contributed by atoms with Crippen LogP contribution in [-0.4, -0.2) is 64.1 Å². The first-order valence-corrected chi connectivity index (χ1v) is 11.2. The second-order valence-corrected chi connectivity index (χ2v) is 9.44. The number of aromatic nitrogens is 2. The van der Waals surface area contributed by atoms with E-state index in [4.69, 9.17) is 9.52 Å². The molecule has 1 aliphatic rings. The number of aryl methyl sites for hydroxylation is 1. The van der Waals surface area contributed by atoms with Gasteiger partial charge in [0.1, 0.15) is 11.6 Å². The van der Waals surface area contributed by atoms with Crippen LogP contribution in [-0.2, 0) is 10.2 Å². The Kier molecular flexibility index (Phi) is 6.37. The maximum Gasteiger partial charge on any atom is 0.289 e. The fourth-order valence-electron chi connectivity index (χ4n) is 3.80. The van der Waals surface area contributed by atoms with Crippen LogP contribution in [0, 0.1) is 6.92 Å². The van der Waals surface area contributed by atoms with E-state index in [0.717, 1.165) is 17.1 Å². The Morgan fingerprint density at radius 3 is 2.33 bits per heavy atom. The Bertz CT molecular complexity index is 1120. The number of anilines is 1. The lowest BCUT2D eigenvalue weighted by molar-refractivity contribution is -0.117. The van der Waals surface area contributed by atoms with E-state index in [2.05, 4.69) is 31.0 Å². The molecule has 1 fully saturated rings. The monoisotopic (exact) mass is 449 g/mol. The summed E-state index contributed by atoms with van der Waals surface area (Å²) in [7, 11) is 0. The number of furan rings is 1. The quantitative estimate of drug-likeness (QED) is 0.645. The minimum Gasteiger partial charge on any atom is -0.456 e. The lowest BCUT2D eigenvalue weighted by atomic mass is 9.92. The molecule has 0 saturated carbocycles. The third-order valence-electron chi connectivity index (χ3n) is 5.72. The Balaban J connectivity index is 1.38. The highest BCUT2D eigenvalue weighted by Gasteiger charge is 2.26. The second-order valence-electron chi connectivity index (χ2n) is 9.44. The summed E-state index contributed by atoms with van der Waals surface area (Å²) in [5, 5.41) is 7.78. The summed E-state index contributed by atoms with van der Waals surface area (Å²) in [6.07, 6.45) is 0. The minimum absolute atomic E-state index is 0.103. The van der Waals surface area contributed by atoms with Gasteiger partial charge in [-0.3, -0.25) is 14.5 Å². The van der Waals surface area contributed by atoms with E-state index in [1.165, 1.54) is 0 Å². The Morgan fingerprint density at radius 1 is 1.03 bits per heavy atom. The van der Waals surface area contributed by atoms with Crippen LogP contribution in [0.1, 0.15) is 42.8 Å². The molecule has 1 aliphatic heterocycles. The highest BCUT2D eigenvalue weighted by molar-refractivity contribution is 5.92. The van der Waals surface area contributed by atoms with Gasteiger partial charge in [0.2, 0.25) is 5.91 Å². The van der Waals surface area contributed by atoms with Crippen molar-refractivity contribution in [1.29, 1.82) is 0 Å². The summed E-state index contributed by atoms with van der Waals surface area (Å²) in [4.78, 5) is 29.3. The lowest BCUT2D eigenvalue weighted by Crippen LogP contribution is -2.50. The fraction of sp³-hybridized carbons (Fsp3) is 0.400. The number of piperazine rings is 1. The Hall–Kier alpha value is -3.39. The van der Waals surface area contributed by atoms with Crippen LogP contribution in [0.2, 0.25) is 0 Å². The van der Waals surface area contributed by atoms with Gasteiger partial charge in [-0.2, -0.15) is 5.10 Å². The molecule has 0 bridgehead atoms. The third-order valence-corrected chi connectivity index (χ3v) is 5.72. The van der Waals surface area contributed by atoms with Crippen molar-refractivity contribution in [2.24, 2.45) is 0 Å². The molecule has 0 atom stereocenters. The molecule has 2 aromatic heterocycles. The largest absolute Gasteiger partial charge is 0.456 e. The number of hydrogen-bond acceptors (Lipinski definition) is 5. The van der Waals surface area contributed by atoms with E-state index in [9.17, 15) is 9.59 Å². The molecular weight excluding hydrogens is 418 g/mol. The van der Waals surface area contributed by atoms with Gasteiger partial charge >= 0.3 is 0 Å². The first kappa shape index (κ1) is 22.8. The smallest absolute Gasteiger partial charge is 0.289 e. The molecule has 0 aliphatic carbocycles. The Morgan fingerprint density at radius 2 is 1.73 bits per heavy atom. The topological polar surface area (TPSA) is 83.6 Å². The zero-order valence-corrected chi connectivity index (χ0v) is 19.7. The predicted molar refractivity (Wildman–Crippen MR) is 127 cm³/mol. The molecule has 1 aromatic carbocycles. The van der Waals surface area contributed by atoms with Crippen LogP contribution in [0.15, 0.2) is 52.9 Å². The molecule has 3 heterocycles. The molecule has 1 saturated heterocycles. The van der Waals surface area contributed by atoms with Crippen molar-refractivity contribution in [2.75, 3.05) is 38.0 Å². The van der Waals surface area contributed by atoms with Gasteiger partial charge in [0, 0.05) is 37.7 Å². The van der Waals surface area contributed by atoms with Gasteiger partial charge in [-0.05, 0) is 31.2 Å². The number of carbonyl (C=O) groups excluding carboxylic acids is 2. The molecule has 1 N–H and O–H groups in total. The van der Waals surface area contributed by atoms with E-state index >= 15 is 0 Å².